The van der Waals surface area contributed by atoms with Crippen LogP contribution in [0.5, 0.6) is 0 Å². The van der Waals surface area contributed by atoms with Crippen LogP contribution in [0.4, 0.5) is 5.82 Å². The number of H-pyrrole nitrogens is 1. The molecule has 1 aliphatic rings. The summed E-state index contributed by atoms with van der Waals surface area (Å²) in [5.41, 5.74) is 3.06. The van der Waals surface area contributed by atoms with Crippen molar-refractivity contribution in [1.29, 1.82) is 0 Å². The zero-order valence-corrected chi connectivity index (χ0v) is 13.3. The summed E-state index contributed by atoms with van der Waals surface area (Å²) in [6.45, 7) is 3.05. The van der Waals surface area contributed by atoms with Crippen molar-refractivity contribution in [2.45, 2.75) is 19.9 Å². The lowest BCUT2D eigenvalue weighted by Crippen LogP contribution is -2.36. The minimum absolute atomic E-state index is 0.0715. The van der Waals surface area contributed by atoms with Crippen LogP contribution < -0.4 is 10.5 Å². The first kappa shape index (κ1) is 14.1. The Morgan fingerprint density at radius 1 is 1.26 bits per heavy atom. The summed E-state index contributed by atoms with van der Waals surface area (Å²) >= 11 is 5.97. The van der Waals surface area contributed by atoms with Gasteiger partial charge >= 0.3 is 0 Å². The summed E-state index contributed by atoms with van der Waals surface area (Å²) in [4.78, 5) is 30.4. The molecular formula is C16H14ClN5O. The molecule has 0 atom stereocenters. The highest BCUT2D eigenvalue weighted by Crippen LogP contribution is 2.22. The van der Waals surface area contributed by atoms with E-state index in [1.165, 1.54) is 0 Å². The van der Waals surface area contributed by atoms with Gasteiger partial charge in [0.25, 0.3) is 5.56 Å². The van der Waals surface area contributed by atoms with Crippen LogP contribution in [0.25, 0.3) is 11.0 Å². The van der Waals surface area contributed by atoms with Gasteiger partial charge < -0.3 is 9.88 Å². The molecule has 0 aliphatic carbocycles. The first-order valence-electron chi connectivity index (χ1n) is 7.36. The van der Waals surface area contributed by atoms with Crippen molar-refractivity contribution in [1.82, 2.24) is 19.9 Å². The molecule has 2 aromatic heterocycles. The third-order valence-corrected chi connectivity index (χ3v) is 4.24. The molecule has 1 N–H and O–H groups in total. The van der Waals surface area contributed by atoms with Crippen molar-refractivity contribution >= 4 is 28.5 Å². The van der Waals surface area contributed by atoms with Crippen LogP contribution in [0.2, 0.25) is 5.02 Å². The molecule has 0 saturated heterocycles. The van der Waals surface area contributed by atoms with Gasteiger partial charge in [0.15, 0.2) is 0 Å². The molecule has 23 heavy (non-hydrogen) atoms. The van der Waals surface area contributed by atoms with Crippen LogP contribution in [-0.2, 0) is 13.0 Å². The average molecular weight is 328 g/mol. The van der Waals surface area contributed by atoms with Crippen molar-refractivity contribution < 1.29 is 0 Å². The summed E-state index contributed by atoms with van der Waals surface area (Å²) in [5.74, 6) is 1.41. The maximum absolute atomic E-state index is 12.1. The molecule has 0 amide bonds. The monoisotopic (exact) mass is 327 g/mol. The first-order chi connectivity index (χ1) is 11.1. The maximum Gasteiger partial charge on any atom is 0.256 e. The van der Waals surface area contributed by atoms with E-state index in [2.05, 4.69) is 24.8 Å². The van der Waals surface area contributed by atoms with Crippen LogP contribution in [0, 0.1) is 6.92 Å². The minimum Gasteiger partial charge on any atom is -0.350 e. The van der Waals surface area contributed by atoms with E-state index < -0.39 is 0 Å². The van der Waals surface area contributed by atoms with Gasteiger partial charge in [-0.1, -0.05) is 11.6 Å². The third-order valence-electron chi connectivity index (χ3n) is 4.00. The molecule has 0 unspecified atom stereocenters. The van der Waals surface area contributed by atoms with Gasteiger partial charge in [-0.05, 0) is 25.1 Å². The SMILES string of the molecule is Cc1nc2c(c(=O)[nH]1)CN(c1cnc3cc(Cl)ccc3n1)CC2. The van der Waals surface area contributed by atoms with Gasteiger partial charge in [0.05, 0.1) is 35.0 Å². The molecule has 0 fully saturated rings. The van der Waals surface area contributed by atoms with Crippen molar-refractivity contribution in [2.24, 2.45) is 0 Å². The summed E-state index contributed by atoms with van der Waals surface area (Å²) in [7, 11) is 0. The maximum atomic E-state index is 12.1. The molecule has 3 aromatic rings. The number of halogens is 1. The fraction of sp³-hybridized carbons (Fsp3) is 0.250. The predicted molar refractivity (Wildman–Crippen MR) is 88.9 cm³/mol. The van der Waals surface area contributed by atoms with Gasteiger partial charge in [0.1, 0.15) is 11.6 Å². The lowest BCUT2D eigenvalue weighted by Gasteiger charge is -2.28. The van der Waals surface area contributed by atoms with E-state index >= 15 is 0 Å². The lowest BCUT2D eigenvalue weighted by molar-refractivity contribution is 0.683. The van der Waals surface area contributed by atoms with E-state index in [-0.39, 0.29) is 5.56 Å². The Balaban J connectivity index is 1.72. The number of nitrogens with zero attached hydrogens (tertiary/aromatic N) is 4. The van der Waals surface area contributed by atoms with Gasteiger partial charge in [0.2, 0.25) is 0 Å². The number of nitrogens with one attached hydrogen (secondary N) is 1. The number of fused-ring (bicyclic) bond motifs is 2. The molecule has 4 rings (SSSR count). The fourth-order valence-electron chi connectivity index (χ4n) is 2.87. The largest absolute Gasteiger partial charge is 0.350 e. The van der Waals surface area contributed by atoms with Crippen molar-refractivity contribution in [2.75, 3.05) is 11.4 Å². The highest BCUT2D eigenvalue weighted by atomic mass is 35.5. The molecule has 1 aliphatic heterocycles. The van der Waals surface area contributed by atoms with E-state index in [1.54, 1.807) is 25.3 Å². The fourth-order valence-corrected chi connectivity index (χ4v) is 3.04. The van der Waals surface area contributed by atoms with Crippen LogP contribution >= 0.6 is 11.6 Å². The highest BCUT2D eigenvalue weighted by Gasteiger charge is 2.22. The molecule has 0 spiro atoms. The van der Waals surface area contributed by atoms with Crippen molar-refractivity contribution in [3.05, 3.63) is 56.9 Å². The minimum atomic E-state index is -0.0715. The zero-order valence-electron chi connectivity index (χ0n) is 12.5. The van der Waals surface area contributed by atoms with E-state index in [0.717, 1.165) is 35.5 Å². The number of anilines is 1. The first-order valence-corrected chi connectivity index (χ1v) is 7.74. The second-order valence-electron chi connectivity index (χ2n) is 5.61. The number of aromatic nitrogens is 4. The number of benzene rings is 1. The molecular weight excluding hydrogens is 314 g/mol. The Labute approximate surface area is 137 Å². The van der Waals surface area contributed by atoms with E-state index in [4.69, 9.17) is 11.6 Å². The van der Waals surface area contributed by atoms with Crippen molar-refractivity contribution in [3.63, 3.8) is 0 Å². The number of hydrogen-bond donors (Lipinski definition) is 1. The Kier molecular flexibility index (Phi) is 3.27. The number of hydrogen-bond acceptors (Lipinski definition) is 5. The number of aromatic amines is 1. The molecule has 0 bridgehead atoms. The molecule has 0 saturated carbocycles. The smallest absolute Gasteiger partial charge is 0.256 e. The topological polar surface area (TPSA) is 74.8 Å². The standard InChI is InChI=1S/C16H14ClN5O/c1-9-19-12-4-5-22(8-11(12)16(23)20-9)15-7-18-14-6-10(17)2-3-13(14)21-15/h2-3,6-7H,4-5,8H2,1H3,(H,19,20,23). The number of rotatable bonds is 1. The highest BCUT2D eigenvalue weighted by molar-refractivity contribution is 6.31. The molecule has 116 valence electrons. The summed E-state index contributed by atoms with van der Waals surface area (Å²) < 4.78 is 0. The van der Waals surface area contributed by atoms with Crippen molar-refractivity contribution in [3.8, 4) is 0 Å². The molecule has 6 nitrogen and oxygen atoms in total. The Bertz CT molecular complexity index is 968. The van der Waals surface area contributed by atoms with Crippen LogP contribution in [0.3, 0.4) is 0 Å². The summed E-state index contributed by atoms with van der Waals surface area (Å²) in [5, 5.41) is 0.638. The molecule has 1 aromatic carbocycles. The normalized spacial score (nSPS) is 14.1. The quantitative estimate of drug-likeness (QED) is 0.742. The zero-order chi connectivity index (χ0) is 16.0. The third kappa shape index (κ3) is 2.55. The van der Waals surface area contributed by atoms with Crippen LogP contribution in [0.1, 0.15) is 17.1 Å². The van der Waals surface area contributed by atoms with Gasteiger partial charge in [-0.2, -0.15) is 0 Å². The Hall–Kier alpha value is -2.47. The molecule has 7 heteroatoms. The van der Waals surface area contributed by atoms with E-state index in [1.807, 2.05) is 6.07 Å². The van der Waals surface area contributed by atoms with Gasteiger partial charge in [-0.25, -0.2) is 9.97 Å². The lowest BCUT2D eigenvalue weighted by atomic mass is 10.1. The predicted octanol–water partition coefficient (Wildman–Crippen LogP) is 2.24. The Morgan fingerprint density at radius 3 is 3.00 bits per heavy atom. The average Bonchev–Trinajstić information content (AvgIpc) is 2.54. The van der Waals surface area contributed by atoms with Gasteiger partial charge in [-0.3, -0.25) is 9.78 Å². The second-order valence-corrected chi connectivity index (χ2v) is 6.05. The van der Waals surface area contributed by atoms with E-state index in [0.29, 0.717) is 23.0 Å². The van der Waals surface area contributed by atoms with E-state index in [9.17, 15) is 4.79 Å². The molecule has 0 radical (unpaired) electrons. The summed E-state index contributed by atoms with van der Waals surface area (Å²) in [6.07, 6.45) is 2.44. The Morgan fingerprint density at radius 2 is 2.13 bits per heavy atom. The van der Waals surface area contributed by atoms with Gasteiger partial charge in [0, 0.05) is 18.0 Å². The molecule has 3 heterocycles. The number of aryl methyl sites for hydroxylation is 1. The van der Waals surface area contributed by atoms with Crippen LogP contribution in [-0.4, -0.2) is 26.5 Å². The van der Waals surface area contributed by atoms with Gasteiger partial charge in [-0.15, -0.1) is 0 Å². The second kappa shape index (κ2) is 5.31. The summed E-state index contributed by atoms with van der Waals surface area (Å²) in [6, 6.07) is 5.44. The van der Waals surface area contributed by atoms with Crippen LogP contribution in [0.15, 0.2) is 29.2 Å².